The molecule has 39 heavy (non-hydrogen) atoms. The first-order chi connectivity index (χ1) is 19.0. The molecule has 2 heterocycles. The molecule has 0 saturated carbocycles. The van der Waals surface area contributed by atoms with Crippen LogP contribution in [-0.4, -0.2) is 51.4 Å². The van der Waals surface area contributed by atoms with Crippen molar-refractivity contribution in [2.45, 2.75) is 38.3 Å². The molecule has 0 unspecified atom stereocenters. The van der Waals surface area contributed by atoms with Crippen molar-refractivity contribution in [1.82, 2.24) is 5.32 Å². The third-order valence-electron chi connectivity index (χ3n) is 8.05. The number of ether oxygens (including phenoxy) is 5. The van der Waals surface area contributed by atoms with E-state index < -0.39 is 6.10 Å². The van der Waals surface area contributed by atoms with E-state index in [4.69, 9.17) is 23.7 Å². The van der Waals surface area contributed by atoms with Gasteiger partial charge in [0, 0.05) is 52.5 Å². The smallest absolute Gasteiger partial charge is 0.200 e. The number of methoxy groups -OCH3 is 3. The molecule has 3 aromatic carbocycles. The van der Waals surface area contributed by atoms with Crippen LogP contribution >= 0.6 is 0 Å². The number of rotatable bonds is 8. The summed E-state index contributed by atoms with van der Waals surface area (Å²) >= 11 is 0. The number of phenolic OH excluding ortho intramolecular Hbond substituents is 1. The van der Waals surface area contributed by atoms with E-state index >= 15 is 0 Å². The van der Waals surface area contributed by atoms with Crippen molar-refractivity contribution < 1.29 is 33.9 Å². The highest BCUT2D eigenvalue weighted by atomic mass is 16.5. The number of fused-ring (bicyclic) bond motifs is 2. The van der Waals surface area contributed by atoms with Crippen molar-refractivity contribution in [1.29, 1.82) is 0 Å². The second kappa shape index (κ2) is 10.1. The maximum atomic E-state index is 11.8. The normalized spacial score (nSPS) is 18.3. The molecular formula is C30H34N2O7. The maximum absolute atomic E-state index is 11.8. The van der Waals surface area contributed by atoms with Crippen LogP contribution in [0.25, 0.3) is 11.1 Å². The number of hydrogen-bond donors (Lipinski definition) is 4. The molecule has 0 radical (unpaired) electrons. The molecule has 3 aliphatic rings. The molecule has 3 aromatic rings. The minimum Gasteiger partial charge on any atom is -0.502 e. The number of hydrogen-bond acceptors (Lipinski definition) is 9. The van der Waals surface area contributed by atoms with Crippen molar-refractivity contribution in [3.63, 3.8) is 0 Å². The van der Waals surface area contributed by atoms with Gasteiger partial charge in [-0.25, -0.2) is 0 Å². The Morgan fingerprint density at radius 2 is 1.64 bits per heavy atom. The molecule has 2 atom stereocenters. The van der Waals surface area contributed by atoms with Crippen LogP contribution in [-0.2, 0) is 19.4 Å². The number of nitrogens with one attached hydrogen (secondary N) is 2. The number of aromatic hydroxyl groups is 1. The van der Waals surface area contributed by atoms with Gasteiger partial charge in [0.15, 0.2) is 11.5 Å². The lowest BCUT2D eigenvalue weighted by Crippen LogP contribution is -2.28. The van der Waals surface area contributed by atoms with Crippen molar-refractivity contribution in [3.8, 4) is 45.6 Å². The van der Waals surface area contributed by atoms with Crippen LogP contribution in [0.2, 0.25) is 0 Å². The zero-order chi connectivity index (χ0) is 27.3. The quantitative estimate of drug-likeness (QED) is 0.249. The Hall–Kier alpha value is -3.82. The summed E-state index contributed by atoms with van der Waals surface area (Å²) < 4.78 is 29.0. The van der Waals surface area contributed by atoms with E-state index in [1.54, 1.807) is 19.2 Å². The van der Waals surface area contributed by atoms with Gasteiger partial charge in [-0.3, -0.25) is 5.32 Å². The zero-order valence-electron chi connectivity index (χ0n) is 22.6. The molecule has 0 amide bonds. The Kier molecular flexibility index (Phi) is 6.56. The molecule has 4 N–H and O–H groups in total. The van der Waals surface area contributed by atoms with Crippen LogP contribution in [0.4, 0.5) is 5.69 Å². The van der Waals surface area contributed by atoms with Crippen molar-refractivity contribution in [3.05, 3.63) is 52.1 Å². The maximum Gasteiger partial charge on any atom is 0.200 e. The minimum absolute atomic E-state index is 0.0733. The number of aliphatic hydroxyl groups is 1. The first-order valence-electron chi connectivity index (χ1n) is 13.3. The highest BCUT2D eigenvalue weighted by molar-refractivity contribution is 5.93. The zero-order valence-corrected chi connectivity index (χ0v) is 22.6. The average molecular weight is 535 g/mol. The molecule has 2 aliphatic heterocycles. The Morgan fingerprint density at radius 1 is 0.923 bits per heavy atom. The predicted octanol–water partition coefficient (Wildman–Crippen LogP) is 4.26. The lowest BCUT2D eigenvalue weighted by atomic mass is 9.74. The summed E-state index contributed by atoms with van der Waals surface area (Å²) in [7, 11) is 4.67. The molecule has 0 bridgehead atoms. The Labute approximate surface area is 227 Å². The third-order valence-corrected chi connectivity index (χ3v) is 8.05. The Balaban J connectivity index is 1.48. The van der Waals surface area contributed by atoms with Crippen LogP contribution in [0.5, 0.6) is 34.5 Å². The second-order valence-electron chi connectivity index (χ2n) is 9.98. The summed E-state index contributed by atoms with van der Waals surface area (Å²) in [5.41, 5.74) is 8.08. The molecule has 9 heteroatoms. The van der Waals surface area contributed by atoms with Crippen LogP contribution in [0.1, 0.15) is 46.8 Å². The second-order valence-corrected chi connectivity index (χ2v) is 9.98. The SMILES string of the molecule is CCNCOc1cc(OC)c2c3c1CNc1cc4c(c(c1-3)CC2)[C@@H](O)[C@H](c1cc(OC)c(O)c(OC)c1)CO4. The lowest BCUT2D eigenvalue weighted by Gasteiger charge is -2.38. The van der Waals surface area contributed by atoms with E-state index in [-0.39, 0.29) is 29.8 Å². The summed E-state index contributed by atoms with van der Waals surface area (Å²) in [5, 5.41) is 29.0. The van der Waals surface area contributed by atoms with E-state index in [0.717, 1.165) is 75.5 Å². The average Bonchev–Trinajstić information content (AvgIpc) is 2.96. The molecular weight excluding hydrogens is 500 g/mol. The van der Waals surface area contributed by atoms with Crippen molar-refractivity contribution >= 4 is 5.69 Å². The van der Waals surface area contributed by atoms with Gasteiger partial charge in [0.25, 0.3) is 0 Å². The number of aliphatic hydroxyl groups excluding tert-OH is 1. The van der Waals surface area contributed by atoms with E-state index in [1.807, 2.05) is 19.1 Å². The van der Waals surface area contributed by atoms with Gasteiger partial charge in [0.05, 0.1) is 34.0 Å². The van der Waals surface area contributed by atoms with Crippen molar-refractivity contribution in [2.75, 3.05) is 46.5 Å². The highest BCUT2D eigenvalue weighted by Crippen LogP contribution is 2.55. The predicted molar refractivity (Wildman–Crippen MR) is 147 cm³/mol. The summed E-state index contributed by atoms with van der Waals surface area (Å²) in [6.07, 6.45) is 0.693. The van der Waals surface area contributed by atoms with E-state index in [1.165, 1.54) is 14.2 Å². The molecule has 0 spiro atoms. The summed E-state index contributed by atoms with van der Waals surface area (Å²) in [6, 6.07) is 7.46. The lowest BCUT2D eigenvalue weighted by molar-refractivity contribution is 0.0878. The molecule has 1 aliphatic carbocycles. The molecule has 9 nitrogen and oxygen atoms in total. The van der Waals surface area contributed by atoms with Crippen LogP contribution in [0, 0.1) is 0 Å². The van der Waals surface area contributed by atoms with E-state index in [0.29, 0.717) is 19.0 Å². The first-order valence-corrected chi connectivity index (χ1v) is 13.3. The monoisotopic (exact) mass is 534 g/mol. The number of anilines is 1. The molecule has 0 saturated heterocycles. The summed E-state index contributed by atoms with van der Waals surface area (Å²) in [5.74, 6) is 2.41. The third kappa shape index (κ3) is 3.99. The number of phenols is 1. The molecule has 0 fully saturated rings. The number of benzene rings is 3. The van der Waals surface area contributed by atoms with Gasteiger partial charge in [-0.15, -0.1) is 0 Å². The summed E-state index contributed by atoms with van der Waals surface area (Å²) in [6.45, 7) is 4.16. The van der Waals surface area contributed by atoms with Gasteiger partial charge in [-0.2, -0.15) is 0 Å². The summed E-state index contributed by atoms with van der Waals surface area (Å²) in [4.78, 5) is 0. The van der Waals surface area contributed by atoms with Crippen LogP contribution < -0.4 is 34.3 Å². The fourth-order valence-corrected chi connectivity index (χ4v) is 6.16. The van der Waals surface area contributed by atoms with E-state index in [9.17, 15) is 10.2 Å². The largest absolute Gasteiger partial charge is 0.502 e. The fraction of sp³-hybridized carbons (Fsp3) is 0.400. The van der Waals surface area contributed by atoms with Gasteiger partial charge >= 0.3 is 0 Å². The van der Waals surface area contributed by atoms with Gasteiger partial charge in [-0.05, 0) is 48.2 Å². The Morgan fingerprint density at radius 3 is 2.33 bits per heavy atom. The minimum atomic E-state index is -0.824. The highest BCUT2D eigenvalue weighted by Gasteiger charge is 2.39. The Bertz CT molecular complexity index is 1410. The molecule has 0 aromatic heterocycles. The van der Waals surface area contributed by atoms with Gasteiger partial charge < -0.3 is 39.2 Å². The first kappa shape index (κ1) is 25.5. The molecule has 6 rings (SSSR count). The standard InChI is InChI=1S/C30H34N2O7/c1-5-31-14-39-22-11-21(35-2)16-6-7-17-27-20(32-12-18(22)26(16)27)10-23-28(17)29(33)19(13-38-23)15-8-24(36-3)30(34)25(9-15)37-4/h8-11,19,29,31-34H,5-7,12-14H2,1-4H3/t19-,29-/m0/s1. The molecule has 206 valence electrons. The fourth-order valence-electron chi connectivity index (χ4n) is 6.16. The topological polar surface area (TPSA) is 111 Å². The van der Waals surface area contributed by atoms with E-state index in [2.05, 4.69) is 10.6 Å². The van der Waals surface area contributed by atoms with Gasteiger partial charge in [0.1, 0.15) is 24.0 Å². The van der Waals surface area contributed by atoms with Gasteiger partial charge in [0.2, 0.25) is 5.75 Å². The van der Waals surface area contributed by atoms with Crippen LogP contribution in [0.15, 0.2) is 24.3 Å². The van der Waals surface area contributed by atoms with Crippen molar-refractivity contribution in [2.24, 2.45) is 0 Å². The van der Waals surface area contributed by atoms with Crippen LogP contribution in [0.3, 0.4) is 0 Å². The van der Waals surface area contributed by atoms with Gasteiger partial charge in [-0.1, -0.05) is 6.92 Å².